The number of urea groups is 1. The van der Waals surface area contributed by atoms with Crippen LogP contribution in [0.2, 0.25) is 0 Å². The zero-order chi connectivity index (χ0) is 28.5. The van der Waals surface area contributed by atoms with Gasteiger partial charge in [0.2, 0.25) is 0 Å². The summed E-state index contributed by atoms with van der Waals surface area (Å²) in [6.45, 7) is 3.87. The van der Waals surface area contributed by atoms with Crippen molar-refractivity contribution in [3.05, 3.63) is 138 Å². The molecule has 1 aromatic heterocycles. The predicted octanol–water partition coefficient (Wildman–Crippen LogP) is 7.09. The van der Waals surface area contributed by atoms with Crippen LogP contribution in [0.15, 0.2) is 121 Å². The van der Waals surface area contributed by atoms with Crippen LogP contribution in [0.25, 0.3) is 34.3 Å². The monoisotopic (exact) mass is 537 g/mol. The van der Waals surface area contributed by atoms with Crippen molar-refractivity contribution in [2.45, 2.75) is 13.8 Å². The summed E-state index contributed by atoms with van der Waals surface area (Å²) in [5.41, 5.74) is 7.47. The zero-order valence-electron chi connectivity index (χ0n) is 22.7. The topological polar surface area (TPSA) is 71.4 Å². The number of para-hydroxylation sites is 1. The number of imide groups is 2. The molecule has 6 heteroatoms. The van der Waals surface area contributed by atoms with E-state index in [4.69, 9.17) is 0 Å². The molecule has 0 radical (unpaired) electrons. The molecule has 6 nitrogen and oxygen atoms in total. The number of aryl methyl sites for hydroxylation is 2. The quantitative estimate of drug-likeness (QED) is 0.192. The lowest BCUT2D eigenvalue weighted by Gasteiger charge is -2.27. The first-order valence-corrected chi connectivity index (χ1v) is 13.3. The second-order valence-corrected chi connectivity index (χ2v) is 9.96. The first-order valence-electron chi connectivity index (χ1n) is 13.3. The van der Waals surface area contributed by atoms with E-state index in [0.717, 1.165) is 44.2 Å². The lowest BCUT2D eigenvalue weighted by Crippen LogP contribution is -2.54. The minimum atomic E-state index is -0.768. The highest BCUT2D eigenvalue weighted by Crippen LogP contribution is 2.37. The highest BCUT2D eigenvalue weighted by Gasteiger charge is 2.37. The van der Waals surface area contributed by atoms with Crippen molar-refractivity contribution in [3.63, 3.8) is 0 Å². The van der Waals surface area contributed by atoms with Crippen LogP contribution in [-0.4, -0.2) is 22.4 Å². The van der Waals surface area contributed by atoms with E-state index in [0.29, 0.717) is 11.3 Å². The molecule has 0 atom stereocenters. The van der Waals surface area contributed by atoms with Crippen molar-refractivity contribution in [3.8, 4) is 28.2 Å². The molecule has 2 heterocycles. The summed E-state index contributed by atoms with van der Waals surface area (Å²) in [6.07, 6.45) is 1.59. The molecule has 1 N–H and O–H groups in total. The van der Waals surface area contributed by atoms with Gasteiger partial charge in [0.15, 0.2) is 0 Å². The van der Waals surface area contributed by atoms with Gasteiger partial charge >= 0.3 is 6.03 Å². The molecule has 41 heavy (non-hydrogen) atoms. The average molecular weight is 538 g/mol. The zero-order valence-corrected chi connectivity index (χ0v) is 22.7. The number of hydrogen-bond donors (Lipinski definition) is 1. The molecule has 1 aliphatic rings. The van der Waals surface area contributed by atoms with Crippen LogP contribution < -0.4 is 10.2 Å². The minimum Gasteiger partial charge on any atom is -0.309 e. The summed E-state index contributed by atoms with van der Waals surface area (Å²) in [6, 6.07) is 36.3. The third kappa shape index (κ3) is 4.76. The number of carbonyl (C=O) groups excluding carboxylic acids is 3. The predicted molar refractivity (Wildman–Crippen MR) is 162 cm³/mol. The number of carbonyl (C=O) groups is 3. The summed E-state index contributed by atoms with van der Waals surface area (Å²) < 4.78 is 2.13. The molecule has 0 unspecified atom stereocenters. The summed E-state index contributed by atoms with van der Waals surface area (Å²) in [5, 5.41) is 2.36. The summed E-state index contributed by atoms with van der Waals surface area (Å²) in [5.74, 6) is -1.40. The molecule has 0 aliphatic carbocycles. The van der Waals surface area contributed by atoms with Gasteiger partial charge < -0.3 is 4.57 Å². The molecular weight excluding hydrogens is 510 g/mol. The Morgan fingerprint density at radius 2 is 1.24 bits per heavy atom. The Hall–Kier alpha value is -5.49. The van der Waals surface area contributed by atoms with Crippen molar-refractivity contribution in [1.29, 1.82) is 0 Å². The van der Waals surface area contributed by atoms with Crippen LogP contribution in [0.4, 0.5) is 10.5 Å². The Bertz CT molecular complexity index is 1820. The normalized spacial score (nSPS) is 14.4. The van der Waals surface area contributed by atoms with E-state index in [9.17, 15) is 14.4 Å². The Morgan fingerprint density at radius 3 is 1.88 bits per heavy atom. The third-order valence-electron chi connectivity index (χ3n) is 7.31. The first-order chi connectivity index (χ1) is 19.9. The van der Waals surface area contributed by atoms with E-state index in [1.807, 2.05) is 117 Å². The van der Waals surface area contributed by atoms with Gasteiger partial charge in [0.25, 0.3) is 11.8 Å². The fourth-order valence-corrected chi connectivity index (χ4v) is 5.11. The fraction of sp³-hybridized carbons (Fsp3) is 0.0571. The maximum atomic E-state index is 13.8. The SMILES string of the molecule is Cc1ccc(N2C(=O)NC(=O)/C(=C/c3cc(-c4ccccc4)n(-c4ccccc4)c3-c3ccccc3)C2=O)cc1C. The molecule has 4 amide bonds. The van der Waals surface area contributed by atoms with Crippen LogP contribution in [0.1, 0.15) is 16.7 Å². The van der Waals surface area contributed by atoms with E-state index in [-0.39, 0.29) is 5.57 Å². The van der Waals surface area contributed by atoms with E-state index < -0.39 is 17.8 Å². The number of amides is 4. The average Bonchev–Trinajstić information content (AvgIpc) is 3.37. The largest absolute Gasteiger partial charge is 0.335 e. The summed E-state index contributed by atoms with van der Waals surface area (Å²) in [4.78, 5) is 40.8. The van der Waals surface area contributed by atoms with Gasteiger partial charge in [0.05, 0.1) is 17.1 Å². The Kier molecular flexibility index (Phi) is 6.65. The van der Waals surface area contributed by atoms with Gasteiger partial charge in [-0.25, -0.2) is 9.69 Å². The second kappa shape index (κ2) is 10.6. The summed E-state index contributed by atoms with van der Waals surface area (Å²) >= 11 is 0. The molecule has 6 rings (SSSR count). The number of hydrogen-bond acceptors (Lipinski definition) is 3. The number of benzene rings is 4. The van der Waals surface area contributed by atoms with E-state index in [1.54, 1.807) is 18.2 Å². The van der Waals surface area contributed by atoms with Gasteiger partial charge in [0, 0.05) is 11.3 Å². The molecule has 5 aromatic rings. The third-order valence-corrected chi connectivity index (χ3v) is 7.31. The summed E-state index contributed by atoms with van der Waals surface area (Å²) in [7, 11) is 0. The van der Waals surface area contributed by atoms with Gasteiger partial charge in [-0.15, -0.1) is 0 Å². The van der Waals surface area contributed by atoms with Crippen LogP contribution in [0.3, 0.4) is 0 Å². The highest BCUT2D eigenvalue weighted by atomic mass is 16.2. The van der Waals surface area contributed by atoms with Crippen molar-refractivity contribution in [1.82, 2.24) is 9.88 Å². The van der Waals surface area contributed by atoms with Crippen molar-refractivity contribution in [2.75, 3.05) is 4.90 Å². The molecule has 4 aromatic carbocycles. The highest BCUT2D eigenvalue weighted by molar-refractivity contribution is 6.39. The molecule has 1 saturated heterocycles. The number of rotatable bonds is 5. The van der Waals surface area contributed by atoms with Crippen LogP contribution >= 0.6 is 0 Å². The van der Waals surface area contributed by atoms with Gasteiger partial charge in [-0.2, -0.15) is 0 Å². The molecule has 0 bridgehead atoms. The van der Waals surface area contributed by atoms with Crippen molar-refractivity contribution < 1.29 is 14.4 Å². The van der Waals surface area contributed by atoms with Gasteiger partial charge in [0.1, 0.15) is 5.57 Å². The Morgan fingerprint density at radius 1 is 0.634 bits per heavy atom. The first kappa shape index (κ1) is 25.8. The number of nitrogens with zero attached hydrogens (tertiary/aromatic N) is 2. The van der Waals surface area contributed by atoms with Gasteiger partial charge in [-0.05, 0) is 72.5 Å². The number of anilines is 1. The molecule has 1 aliphatic heterocycles. The molecule has 0 spiro atoms. The van der Waals surface area contributed by atoms with Gasteiger partial charge in [-0.3, -0.25) is 14.9 Å². The number of aromatic nitrogens is 1. The van der Waals surface area contributed by atoms with Crippen molar-refractivity contribution >= 4 is 29.6 Å². The standard InChI is InChI=1S/C35H27N3O3/c1-23-18-19-29(20-24(23)2)38-34(40)30(33(39)36-35(38)41)21-27-22-31(25-12-6-3-7-13-25)37(28-16-10-5-11-17-28)32(27)26-14-8-4-9-15-26/h3-22H,1-2H3,(H,36,39,41)/b30-21-. The fourth-order valence-electron chi connectivity index (χ4n) is 5.11. The van der Waals surface area contributed by atoms with Crippen LogP contribution in [-0.2, 0) is 9.59 Å². The van der Waals surface area contributed by atoms with E-state index >= 15 is 0 Å². The lowest BCUT2D eigenvalue weighted by atomic mass is 10.0. The van der Waals surface area contributed by atoms with E-state index in [1.165, 1.54) is 0 Å². The molecular formula is C35H27N3O3. The van der Waals surface area contributed by atoms with Crippen molar-refractivity contribution in [2.24, 2.45) is 0 Å². The smallest absolute Gasteiger partial charge is 0.309 e. The Labute approximate surface area is 238 Å². The lowest BCUT2D eigenvalue weighted by molar-refractivity contribution is -0.122. The maximum Gasteiger partial charge on any atom is 0.335 e. The van der Waals surface area contributed by atoms with E-state index in [2.05, 4.69) is 9.88 Å². The number of barbiturate groups is 1. The van der Waals surface area contributed by atoms with Gasteiger partial charge in [-0.1, -0.05) is 84.9 Å². The molecule has 0 saturated carbocycles. The van der Waals surface area contributed by atoms with Crippen LogP contribution in [0, 0.1) is 13.8 Å². The maximum absolute atomic E-state index is 13.8. The van der Waals surface area contributed by atoms with Crippen LogP contribution in [0.5, 0.6) is 0 Å². The second-order valence-electron chi connectivity index (χ2n) is 9.96. The molecule has 200 valence electrons. The Balaban J connectivity index is 1.58. The minimum absolute atomic E-state index is 0.121. The molecule has 1 fully saturated rings. The number of nitrogens with one attached hydrogen (secondary N) is 1.